The van der Waals surface area contributed by atoms with Crippen LogP contribution in [0.2, 0.25) is 5.02 Å². The number of carbonyl (C=O) groups is 1. The zero-order chi connectivity index (χ0) is 29.0. The molecule has 3 aromatic rings. The van der Waals surface area contributed by atoms with E-state index in [1.165, 1.54) is 17.7 Å². The number of fused-ring (bicyclic) bond motifs is 3. The predicted molar refractivity (Wildman–Crippen MR) is 156 cm³/mol. The summed E-state index contributed by atoms with van der Waals surface area (Å²) in [6.07, 6.45) is 3.20. The van der Waals surface area contributed by atoms with Crippen molar-refractivity contribution in [3.63, 3.8) is 0 Å². The van der Waals surface area contributed by atoms with Gasteiger partial charge in [-0.3, -0.25) is 4.79 Å². The Balaban J connectivity index is 1.14. The van der Waals surface area contributed by atoms with Gasteiger partial charge in [-0.15, -0.1) is 0 Å². The van der Waals surface area contributed by atoms with E-state index in [9.17, 15) is 17.6 Å². The van der Waals surface area contributed by atoms with Crippen LogP contribution in [-0.2, 0) is 10.0 Å². The Morgan fingerprint density at radius 1 is 0.905 bits per heavy atom. The highest BCUT2D eigenvalue weighted by molar-refractivity contribution is 7.89. The number of carbonyl (C=O) groups excluding carboxylic acids is 1. The monoisotopic (exact) mass is 611 g/mol. The fourth-order valence-electron chi connectivity index (χ4n) is 6.91. The van der Waals surface area contributed by atoms with Crippen LogP contribution in [0.5, 0.6) is 11.5 Å². The smallest absolute Gasteiger partial charge is 0.255 e. The lowest BCUT2D eigenvalue weighted by Crippen LogP contribution is -2.55. The molecule has 4 aliphatic rings. The van der Waals surface area contributed by atoms with Gasteiger partial charge in [-0.2, -0.15) is 4.31 Å². The van der Waals surface area contributed by atoms with Crippen molar-refractivity contribution in [2.24, 2.45) is 0 Å². The zero-order valence-electron chi connectivity index (χ0n) is 22.9. The van der Waals surface area contributed by atoms with Crippen molar-refractivity contribution < 1.29 is 27.1 Å². The number of benzene rings is 3. The molecule has 2 bridgehead atoms. The Kier molecular flexibility index (Phi) is 7.03. The first kappa shape index (κ1) is 27.5. The van der Waals surface area contributed by atoms with Gasteiger partial charge in [0.15, 0.2) is 11.5 Å². The van der Waals surface area contributed by atoms with Crippen molar-refractivity contribution in [2.45, 2.75) is 48.6 Å². The van der Waals surface area contributed by atoms with Crippen LogP contribution >= 0.6 is 11.6 Å². The first-order valence-corrected chi connectivity index (χ1v) is 16.1. The van der Waals surface area contributed by atoms with Crippen molar-refractivity contribution in [3.05, 3.63) is 82.6 Å². The SMILES string of the molecule is O=C(c1ccc(F)cc1Cl)N1CC2CCC(C1)N2c1cc(S(=O)(=O)N2CCC(c3ccccc3)CC2)cc2c1OCO2. The fraction of sp³-hybridized carbons (Fsp3) is 0.387. The van der Waals surface area contributed by atoms with Gasteiger partial charge in [0, 0.05) is 44.3 Å². The van der Waals surface area contributed by atoms with Gasteiger partial charge < -0.3 is 19.3 Å². The second-order valence-corrected chi connectivity index (χ2v) is 13.7. The Labute approximate surface area is 249 Å². The molecule has 3 fully saturated rings. The molecule has 0 saturated carbocycles. The molecule has 2 unspecified atom stereocenters. The Morgan fingerprint density at radius 3 is 2.31 bits per heavy atom. The number of nitrogens with zero attached hydrogens (tertiary/aromatic N) is 3. The Bertz CT molecular complexity index is 1620. The van der Waals surface area contributed by atoms with Gasteiger partial charge in [-0.1, -0.05) is 41.9 Å². The molecule has 42 heavy (non-hydrogen) atoms. The molecule has 2 atom stereocenters. The minimum Gasteiger partial charge on any atom is -0.453 e. The summed E-state index contributed by atoms with van der Waals surface area (Å²) in [5.41, 5.74) is 2.20. The van der Waals surface area contributed by atoms with Crippen LogP contribution in [0.3, 0.4) is 0 Å². The lowest BCUT2D eigenvalue weighted by Gasteiger charge is -2.43. The minimum absolute atomic E-state index is 0.0190. The van der Waals surface area contributed by atoms with E-state index in [1.54, 1.807) is 21.3 Å². The van der Waals surface area contributed by atoms with Crippen molar-refractivity contribution in [3.8, 4) is 11.5 Å². The van der Waals surface area contributed by atoms with E-state index in [1.807, 2.05) is 18.2 Å². The van der Waals surface area contributed by atoms with Gasteiger partial charge in [0.1, 0.15) is 5.82 Å². The van der Waals surface area contributed by atoms with Gasteiger partial charge in [0.05, 0.1) is 21.2 Å². The van der Waals surface area contributed by atoms with Crippen LogP contribution < -0.4 is 14.4 Å². The van der Waals surface area contributed by atoms with E-state index in [2.05, 4.69) is 17.0 Å². The molecular weight excluding hydrogens is 581 g/mol. The lowest BCUT2D eigenvalue weighted by molar-refractivity contribution is 0.0718. The number of piperidine rings is 1. The summed E-state index contributed by atoms with van der Waals surface area (Å²) >= 11 is 6.19. The number of sulfonamides is 1. The van der Waals surface area contributed by atoms with E-state index in [0.717, 1.165) is 31.7 Å². The molecule has 0 radical (unpaired) electrons. The highest BCUT2D eigenvalue weighted by Gasteiger charge is 2.44. The van der Waals surface area contributed by atoms with Gasteiger partial charge in [-0.25, -0.2) is 12.8 Å². The Hall–Kier alpha value is -3.34. The van der Waals surface area contributed by atoms with Gasteiger partial charge in [0.2, 0.25) is 16.8 Å². The third kappa shape index (κ3) is 4.79. The van der Waals surface area contributed by atoms with Crippen LogP contribution in [-0.4, -0.2) is 68.6 Å². The summed E-state index contributed by atoms with van der Waals surface area (Å²) in [6.45, 7) is 1.78. The molecule has 4 aliphatic heterocycles. The van der Waals surface area contributed by atoms with E-state index >= 15 is 0 Å². The van der Waals surface area contributed by atoms with Crippen molar-refractivity contribution in [1.29, 1.82) is 0 Å². The number of anilines is 1. The molecule has 0 spiro atoms. The number of hydrogen-bond acceptors (Lipinski definition) is 6. The van der Waals surface area contributed by atoms with Crippen molar-refractivity contribution >= 4 is 33.2 Å². The van der Waals surface area contributed by atoms with Gasteiger partial charge in [0.25, 0.3) is 5.91 Å². The molecule has 3 saturated heterocycles. The number of rotatable bonds is 5. The van der Waals surface area contributed by atoms with Crippen molar-refractivity contribution in [2.75, 3.05) is 37.9 Å². The maximum Gasteiger partial charge on any atom is 0.255 e. The van der Waals surface area contributed by atoms with E-state index < -0.39 is 15.8 Å². The minimum atomic E-state index is -3.77. The van der Waals surface area contributed by atoms with Gasteiger partial charge in [-0.05, 0) is 61.4 Å². The predicted octanol–water partition coefficient (Wildman–Crippen LogP) is 5.27. The molecule has 0 N–H and O–H groups in total. The number of hydrogen-bond donors (Lipinski definition) is 0. The normalized spacial score (nSPS) is 22.5. The Morgan fingerprint density at radius 2 is 1.62 bits per heavy atom. The summed E-state index contributed by atoms with van der Waals surface area (Å²) in [5.74, 6) is 0.560. The summed E-state index contributed by atoms with van der Waals surface area (Å²) in [6, 6.07) is 17.3. The quantitative estimate of drug-likeness (QED) is 0.391. The summed E-state index contributed by atoms with van der Waals surface area (Å²) in [5, 5.41) is 0.0869. The number of amides is 1. The maximum absolute atomic E-state index is 13.9. The topological polar surface area (TPSA) is 79.4 Å². The molecule has 7 rings (SSSR count). The third-order valence-corrected chi connectivity index (χ3v) is 11.2. The molecule has 0 aromatic heterocycles. The van der Waals surface area contributed by atoms with Crippen LogP contribution in [0.4, 0.5) is 10.1 Å². The van der Waals surface area contributed by atoms with Gasteiger partial charge >= 0.3 is 0 Å². The molecular formula is C31H31ClFN3O5S. The van der Waals surface area contributed by atoms with E-state index in [-0.39, 0.29) is 40.3 Å². The number of likely N-dealkylation sites (tertiary alicyclic amines) is 1. The van der Waals surface area contributed by atoms with Crippen LogP contribution in [0.15, 0.2) is 65.6 Å². The second-order valence-electron chi connectivity index (χ2n) is 11.4. The molecule has 3 aromatic carbocycles. The van der Waals surface area contributed by atoms with Crippen LogP contribution in [0.1, 0.15) is 47.5 Å². The molecule has 220 valence electrons. The molecule has 1 amide bonds. The summed E-state index contributed by atoms with van der Waals surface area (Å²) in [4.78, 5) is 17.5. The highest BCUT2D eigenvalue weighted by atomic mass is 35.5. The zero-order valence-corrected chi connectivity index (χ0v) is 24.5. The highest BCUT2D eigenvalue weighted by Crippen LogP contribution is 2.48. The fourth-order valence-corrected chi connectivity index (χ4v) is 8.66. The molecule has 8 nitrogen and oxygen atoms in total. The third-order valence-electron chi connectivity index (χ3n) is 9.00. The van der Waals surface area contributed by atoms with Crippen molar-refractivity contribution in [1.82, 2.24) is 9.21 Å². The first-order valence-electron chi connectivity index (χ1n) is 14.3. The first-order chi connectivity index (χ1) is 20.3. The lowest BCUT2D eigenvalue weighted by atomic mass is 9.90. The summed E-state index contributed by atoms with van der Waals surface area (Å²) in [7, 11) is -3.77. The van der Waals surface area contributed by atoms with E-state index in [0.29, 0.717) is 49.3 Å². The molecule has 4 heterocycles. The largest absolute Gasteiger partial charge is 0.453 e. The molecule has 11 heteroatoms. The molecule has 0 aliphatic carbocycles. The number of ether oxygens (including phenoxy) is 2. The summed E-state index contributed by atoms with van der Waals surface area (Å²) < 4.78 is 54.5. The van der Waals surface area contributed by atoms with E-state index in [4.69, 9.17) is 21.1 Å². The maximum atomic E-state index is 13.9. The van der Waals surface area contributed by atoms with Crippen LogP contribution in [0.25, 0.3) is 0 Å². The van der Waals surface area contributed by atoms with Crippen LogP contribution in [0, 0.1) is 5.82 Å². The number of piperazine rings is 1. The average Bonchev–Trinajstić information content (AvgIpc) is 3.58. The average molecular weight is 612 g/mol. The number of halogens is 2. The second kappa shape index (κ2) is 10.7. The standard InChI is InChI=1S/C31H31ClFN3O5S/c32-27-14-22(33)6-9-26(27)31(37)34-17-23-7-8-24(18-34)36(23)28-15-25(16-29-30(28)41-19-40-29)42(38,39)35-12-10-21(11-13-35)20-4-2-1-3-5-20/h1-6,9,14-16,21,23-24H,7-8,10-13,17-19H2.